The minimum atomic E-state index is -0.358. The molecule has 0 aliphatic carbocycles. The maximum absolute atomic E-state index is 12.8. The van der Waals surface area contributed by atoms with Crippen molar-refractivity contribution in [3.8, 4) is 45.6 Å². The molecule has 3 aromatic heterocycles. The first kappa shape index (κ1) is 43.4. The Morgan fingerprint density at radius 1 is 0.446 bits per heavy atom. The number of fused-ring (bicyclic) bond motifs is 20. The molecule has 3 N–H and O–H groups in total. The van der Waals surface area contributed by atoms with Crippen LogP contribution in [0, 0.1) is 0 Å². The Kier molecular flexibility index (Phi) is 11.2. The first-order chi connectivity index (χ1) is 30.6. The summed E-state index contributed by atoms with van der Waals surface area (Å²) in [5.41, 5.74) is 6.97. The molecule has 16 heteroatoms. The van der Waals surface area contributed by atoms with Crippen LogP contribution in [0.25, 0.3) is 89.7 Å². The number of anilines is 3. The van der Waals surface area contributed by atoms with E-state index < -0.39 is 0 Å². The third-order valence-corrected chi connectivity index (χ3v) is 10.5. The number of allylic oxidation sites excluding steroid dienone is 1. The summed E-state index contributed by atoms with van der Waals surface area (Å²) in [6.07, 6.45) is 0.115. The Morgan fingerprint density at radius 3 is 1.25 bits per heavy atom. The van der Waals surface area contributed by atoms with Gasteiger partial charge in [0.2, 0.25) is 0 Å². The normalized spacial score (nSPS) is 11.2. The Bertz CT molecular complexity index is 3280. The van der Waals surface area contributed by atoms with Crippen LogP contribution in [0.15, 0.2) is 121 Å². The Hall–Kier alpha value is -8.20. The number of rotatable bonds is 9. The van der Waals surface area contributed by atoms with Gasteiger partial charge in [-0.1, -0.05) is 50.6 Å². The summed E-state index contributed by atoms with van der Waals surface area (Å²) in [6.45, 7) is 21.6. The second-order valence-electron chi connectivity index (χ2n) is 15.7. The summed E-state index contributed by atoms with van der Waals surface area (Å²) in [5.74, 6) is -0.123. The smallest absolute Gasteiger partial charge is 0.250 e. The third kappa shape index (κ3) is 8.26. The molecular weight excluding hydrogens is 870 g/mol. The first-order valence-corrected chi connectivity index (χ1v) is 20.0. The van der Waals surface area contributed by atoms with Crippen LogP contribution in [0.3, 0.4) is 0 Å². The maximum atomic E-state index is 12.8. The van der Waals surface area contributed by atoms with Gasteiger partial charge in [-0.15, -0.1) is 0 Å². The molecule has 1 radical (unpaired) electrons. The molecule has 0 unspecified atom stereocenters. The summed E-state index contributed by atoms with van der Waals surface area (Å²) in [4.78, 5) is 90.8. The van der Waals surface area contributed by atoms with Gasteiger partial charge in [0.05, 0.1) is 23.3 Å². The van der Waals surface area contributed by atoms with Gasteiger partial charge in [-0.2, -0.15) is 0 Å². The van der Waals surface area contributed by atoms with Gasteiger partial charge in [0.25, 0.3) is 17.7 Å². The van der Waals surface area contributed by atoms with E-state index in [1.165, 1.54) is 0 Å². The number of nitrogens with one attached hydrogen (secondary N) is 3. The van der Waals surface area contributed by atoms with Crippen LogP contribution in [0.2, 0.25) is 0 Å². The van der Waals surface area contributed by atoms with Crippen LogP contribution >= 0.6 is 0 Å². The van der Waals surface area contributed by atoms with Gasteiger partial charge in [-0.3, -0.25) is 19.2 Å². The molecule has 8 bridgehead atoms. The number of nitrogens with zero attached hydrogens (tertiary/aromatic N) is 8. The molecular formula is C49H37CuN11O4-2. The van der Waals surface area contributed by atoms with Crippen LogP contribution < -0.4 is 25.9 Å². The quantitative estimate of drug-likeness (QED) is 0.0922. The average Bonchev–Trinajstić information content (AvgIpc) is 3.98. The summed E-state index contributed by atoms with van der Waals surface area (Å²) in [5, 5.41) is 10.9. The topological polar surface area (TPSA) is 210 Å². The molecule has 7 aromatic rings. The van der Waals surface area contributed by atoms with Gasteiger partial charge in [0, 0.05) is 102 Å². The Balaban J connectivity index is 0.00000576. The predicted octanol–water partition coefficient (Wildman–Crippen LogP) is 8.36. The van der Waals surface area contributed by atoms with E-state index in [0.717, 1.165) is 5.56 Å². The minimum absolute atomic E-state index is 0. The fourth-order valence-electron chi connectivity index (χ4n) is 7.10. The fourth-order valence-corrected chi connectivity index (χ4v) is 7.10. The molecule has 0 saturated heterocycles. The number of benzene rings is 4. The number of Topliss-reactive ketones (excluding diaryl/α,β-unsaturated/α-hetero) is 1. The van der Waals surface area contributed by atoms with Gasteiger partial charge in [-0.05, 0) is 109 Å². The monoisotopic (exact) mass is 906 g/mol. The van der Waals surface area contributed by atoms with E-state index in [4.69, 9.17) is 39.9 Å². The van der Waals surface area contributed by atoms with Crippen molar-refractivity contribution in [1.29, 1.82) is 0 Å². The molecule has 5 heterocycles. The molecule has 0 spiro atoms. The van der Waals surface area contributed by atoms with Crippen LogP contribution in [0.1, 0.15) is 33.3 Å². The molecule has 9 rings (SSSR count). The number of hydrogen-bond donors (Lipinski definition) is 3. The van der Waals surface area contributed by atoms with E-state index in [2.05, 4.69) is 42.3 Å². The molecule has 0 saturated carbocycles. The number of ketones is 1. The van der Waals surface area contributed by atoms with Gasteiger partial charge >= 0.3 is 0 Å². The van der Waals surface area contributed by atoms with E-state index in [1.54, 1.807) is 82.3 Å². The Morgan fingerprint density at radius 2 is 0.815 bits per heavy atom. The molecule has 2 aliphatic rings. The van der Waals surface area contributed by atoms with Crippen molar-refractivity contribution in [2.24, 2.45) is 0 Å². The summed E-state index contributed by atoms with van der Waals surface area (Å²) >= 11 is 0. The SMILES string of the molecule is C=C(C)C(=O)Cc1ccc2c(c1)-c1nc-2nc2[n-]c(nc3nc(nc4[n-]c(n1)c1ccc(NC(=O)C(=C)C)cc41)-c1ccc(NC(=O)C(=C)C)cc1-3)c1ccc(NC(=O)C(=C)C)cc21.[Cu]. The molecule has 4 aromatic carbocycles. The molecule has 0 atom stereocenters. The van der Waals surface area contributed by atoms with E-state index in [0.29, 0.717) is 83.2 Å². The maximum Gasteiger partial charge on any atom is 0.250 e. The van der Waals surface area contributed by atoms with Crippen molar-refractivity contribution in [3.63, 3.8) is 0 Å². The van der Waals surface area contributed by atoms with Crippen LogP contribution in [-0.4, -0.2) is 53.4 Å². The summed E-state index contributed by atoms with van der Waals surface area (Å²) < 4.78 is 0. The van der Waals surface area contributed by atoms with Crippen molar-refractivity contribution in [2.75, 3.05) is 16.0 Å². The van der Waals surface area contributed by atoms with Crippen molar-refractivity contribution < 1.29 is 36.2 Å². The Labute approximate surface area is 381 Å². The minimum Gasteiger partial charge on any atom is -0.357 e. The van der Waals surface area contributed by atoms with Crippen molar-refractivity contribution in [1.82, 2.24) is 39.9 Å². The fraction of sp³-hybridized carbons (Fsp3) is 0.102. The molecule has 325 valence electrons. The molecule has 2 aliphatic heterocycles. The number of carbonyl (C=O) groups excluding carboxylic acids is 4. The van der Waals surface area contributed by atoms with E-state index >= 15 is 0 Å². The van der Waals surface area contributed by atoms with Gasteiger partial charge in [0.15, 0.2) is 5.78 Å². The van der Waals surface area contributed by atoms with Crippen molar-refractivity contribution >= 4 is 84.7 Å². The zero-order valence-electron chi connectivity index (χ0n) is 35.5. The second kappa shape index (κ2) is 16.8. The van der Waals surface area contributed by atoms with Crippen LogP contribution in [0.4, 0.5) is 17.1 Å². The number of hydrogen-bond acceptors (Lipinski definition) is 10. The third-order valence-electron chi connectivity index (χ3n) is 10.5. The molecule has 0 fully saturated rings. The zero-order chi connectivity index (χ0) is 45.1. The second-order valence-corrected chi connectivity index (χ2v) is 15.7. The number of amides is 3. The van der Waals surface area contributed by atoms with Crippen molar-refractivity contribution in [2.45, 2.75) is 34.1 Å². The first-order valence-electron chi connectivity index (χ1n) is 20.0. The van der Waals surface area contributed by atoms with Gasteiger partial charge in [-0.25, -0.2) is 9.97 Å². The largest absolute Gasteiger partial charge is 0.357 e. The predicted molar refractivity (Wildman–Crippen MR) is 248 cm³/mol. The summed E-state index contributed by atoms with van der Waals surface area (Å²) in [6, 6.07) is 21.3. The zero-order valence-corrected chi connectivity index (χ0v) is 36.4. The number of aromatic nitrogens is 8. The van der Waals surface area contributed by atoms with E-state index in [-0.39, 0.29) is 92.9 Å². The van der Waals surface area contributed by atoms with E-state index in [9.17, 15) is 19.2 Å². The number of carbonyl (C=O) groups is 4. The average molecular weight is 907 g/mol. The standard InChI is InChI=1S/C49H39N11O4.Cu/c1-22(2)38(61)18-26-9-13-30-34(17-26)43-53-39(30)55-44-36-20-28(51-48(63)24(5)6)11-15-32(36)41(57-44)59-46-37-21-29(52-49(64)25(7)8)12-16-33(37)42(60-46)58-45-35-19-27(50-47(62)23(3)4)10-14-31(35)40(54-43)56-45;/h9-17,19-21H,1,3,5,7,18H2,2,4,6,8H3,(H5,50,51,52,53,54,55,56,57,58,59,60,62,63,64);/p-2. The van der Waals surface area contributed by atoms with E-state index in [1.807, 2.05) is 18.2 Å². The van der Waals surface area contributed by atoms with Gasteiger partial charge in [0.1, 0.15) is 0 Å². The summed E-state index contributed by atoms with van der Waals surface area (Å²) in [7, 11) is 0. The van der Waals surface area contributed by atoms with Gasteiger partial charge < -0.3 is 45.9 Å². The van der Waals surface area contributed by atoms with Crippen LogP contribution in [-0.2, 0) is 42.7 Å². The van der Waals surface area contributed by atoms with Crippen LogP contribution in [0.5, 0.6) is 0 Å². The van der Waals surface area contributed by atoms with Crippen molar-refractivity contribution in [3.05, 3.63) is 127 Å². The molecule has 3 amide bonds. The molecule has 15 nitrogen and oxygen atoms in total. The molecule has 65 heavy (non-hydrogen) atoms.